The van der Waals surface area contributed by atoms with Crippen LogP contribution in [-0.2, 0) is 11.3 Å². The summed E-state index contributed by atoms with van der Waals surface area (Å²) in [4.78, 5) is 17.3. The zero-order valence-corrected chi connectivity index (χ0v) is 14.5. The van der Waals surface area contributed by atoms with Gasteiger partial charge in [0.25, 0.3) is 0 Å². The van der Waals surface area contributed by atoms with E-state index in [-0.39, 0.29) is 23.8 Å². The molecule has 0 aromatic heterocycles. The van der Waals surface area contributed by atoms with Crippen LogP contribution >= 0.6 is 0 Å². The van der Waals surface area contributed by atoms with Gasteiger partial charge in [0.05, 0.1) is 6.04 Å². The molecule has 0 radical (unpaired) electrons. The Bertz CT molecular complexity index is 560. The maximum atomic E-state index is 13.1. The number of hydrogen-bond donors (Lipinski definition) is 1. The molecule has 1 aromatic carbocycles. The van der Waals surface area contributed by atoms with Crippen LogP contribution in [0.3, 0.4) is 0 Å². The van der Waals surface area contributed by atoms with E-state index in [1.807, 2.05) is 24.0 Å². The first-order chi connectivity index (χ1) is 11.5. The summed E-state index contributed by atoms with van der Waals surface area (Å²) in [5.74, 6) is 0.442. The Balaban J connectivity index is 1.63. The molecule has 2 N–H and O–H groups in total. The predicted molar refractivity (Wildman–Crippen MR) is 92.8 cm³/mol. The van der Waals surface area contributed by atoms with E-state index in [0.717, 1.165) is 50.9 Å². The summed E-state index contributed by atoms with van der Waals surface area (Å²) < 4.78 is 13.1. The third-order valence-corrected chi connectivity index (χ3v) is 5.46. The standard InChI is InChI=1S/C19H28FN3O/c1-14(21)16-4-2-11-23(13-16)19(24)18-5-3-10-22(18)12-15-6-8-17(20)9-7-15/h6-9,14,16,18H,2-5,10-13,21H2,1H3/t14-,16+,18-/m0/s1. The first-order valence-corrected chi connectivity index (χ1v) is 9.07. The molecule has 1 amide bonds. The van der Waals surface area contributed by atoms with Crippen molar-refractivity contribution in [2.45, 2.75) is 51.2 Å². The van der Waals surface area contributed by atoms with E-state index in [9.17, 15) is 9.18 Å². The fraction of sp³-hybridized carbons (Fsp3) is 0.632. The Morgan fingerprint density at radius 1 is 1.25 bits per heavy atom. The summed E-state index contributed by atoms with van der Waals surface area (Å²) in [5, 5.41) is 0. The Labute approximate surface area is 143 Å². The van der Waals surface area contributed by atoms with Gasteiger partial charge in [-0.3, -0.25) is 9.69 Å². The maximum absolute atomic E-state index is 13.1. The number of likely N-dealkylation sites (tertiary alicyclic amines) is 2. The SMILES string of the molecule is C[C@H](N)[C@@H]1CCCN(C(=O)[C@@H]2CCCN2Cc2ccc(F)cc2)C1. The minimum Gasteiger partial charge on any atom is -0.341 e. The van der Waals surface area contributed by atoms with Gasteiger partial charge in [-0.05, 0) is 62.8 Å². The highest BCUT2D eigenvalue weighted by atomic mass is 19.1. The van der Waals surface area contributed by atoms with Gasteiger partial charge in [0.2, 0.25) is 5.91 Å². The second-order valence-corrected chi connectivity index (χ2v) is 7.30. The van der Waals surface area contributed by atoms with Gasteiger partial charge in [0, 0.05) is 25.7 Å². The number of halogens is 1. The van der Waals surface area contributed by atoms with Crippen molar-refractivity contribution in [3.8, 4) is 0 Å². The van der Waals surface area contributed by atoms with E-state index in [2.05, 4.69) is 4.90 Å². The zero-order valence-electron chi connectivity index (χ0n) is 14.5. The molecule has 5 heteroatoms. The molecule has 0 bridgehead atoms. The molecule has 0 saturated carbocycles. The first kappa shape index (κ1) is 17.4. The third-order valence-electron chi connectivity index (χ3n) is 5.46. The second-order valence-electron chi connectivity index (χ2n) is 7.30. The molecular weight excluding hydrogens is 305 g/mol. The lowest BCUT2D eigenvalue weighted by Crippen LogP contribution is -2.51. The highest BCUT2D eigenvalue weighted by molar-refractivity contribution is 5.82. The molecule has 2 saturated heterocycles. The van der Waals surface area contributed by atoms with Crippen LogP contribution in [0.5, 0.6) is 0 Å². The molecule has 4 nitrogen and oxygen atoms in total. The number of nitrogens with two attached hydrogens (primary N) is 1. The summed E-state index contributed by atoms with van der Waals surface area (Å²) in [5.41, 5.74) is 7.10. The van der Waals surface area contributed by atoms with Gasteiger partial charge in [-0.25, -0.2) is 4.39 Å². The molecule has 2 aliphatic rings. The van der Waals surface area contributed by atoms with Crippen LogP contribution in [0.1, 0.15) is 38.2 Å². The summed E-state index contributed by atoms with van der Waals surface area (Å²) in [6.45, 7) is 5.31. The van der Waals surface area contributed by atoms with Crippen LogP contribution < -0.4 is 5.73 Å². The molecule has 1 aromatic rings. The van der Waals surface area contributed by atoms with Crippen molar-refractivity contribution in [2.24, 2.45) is 11.7 Å². The van der Waals surface area contributed by atoms with E-state index < -0.39 is 0 Å². The molecule has 2 aliphatic heterocycles. The normalized spacial score (nSPS) is 26.5. The smallest absolute Gasteiger partial charge is 0.239 e. The summed E-state index contributed by atoms with van der Waals surface area (Å²) in [7, 11) is 0. The van der Waals surface area contributed by atoms with Gasteiger partial charge in [-0.15, -0.1) is 0 Å². The zero-order chi connectivity index (χ0) is 17.1. The average Bonchev–Trinajstić information content (AvgIpc) is 3.04. The predicted octanol–water partition coefficient (Wildman–Crippen LogP) is 2.38. The van der Waals surface area contributed by atoms with Crippen LogP contribution in [0.15, 0.2) is 24.3 Å². The van der Waals surface area contributed by atoms with E-state index in [4.69, 9.17) is 5.73 Å². The number of rotatable bonds is 4. The Hall–Kier alpha value is -1.46. The lowest BCUT2D eigenvalue weighted by molar-refractivity contribution is -0.138. The maximum Gasteiger partial charge on any atom is 0.239 e. The largest absolute Gasteiger partial charge is 0.341 e. The third kappa shape index (κ3) is 3.95. The van der Waals surface area contributed by atoms with Gasteiger partial charge >= 0.3 is 0 Å². The van der Waals surface area contributed by atoms with Crippen molar-refractivity contribution >= 4 is 5.91 Å². The molecule has 0 unspecified atom stereocenters. The number of benzene rings is 1. The molecular formula is C19H28FN3O. The van der Waals surface area contributed by atoms with Gasteiger partial charge in [-0.2, -0.15) is 0 Å². The minimum atomic E-state index is -0.219. The van der Waals surface area contributed by atoms with E-state index in [1.54, 1.807) is 0 Å². The quantitative estimate of drug-likeness (QED) is 0.920. The van der Waals surface area contributed by atoms with Crippen molar-refractivity contribution in [1.29, 1.82) is 0 Å². The number of hydrogen-bond acceptors (Lipinski definition) is 3. The number of piperidine rings is 1. The van der Waals surface area contributed by atoms with Crippen molar-refractivity contribution in [3.05, 3.63) is 35.6 Å². The highest BCUT2D eigenvalue weighted by Crippen LogP contribution is 2.25. The fourth-order valence-electron chi connectivity index (χ4n) is 3.97. The summed E-state index contributed by atoms with van der Waals surface area (Å²) in [6, 6.07) is 6.69. The molecule has 2 fully saturated rings. The van der Waals surface area contributed by atoms with Gasteiger partial charge in [-0.1, -0.05) is 12.1 Å². The van der Waals surface area contributed by atoms with Crippen LogP contribution in [0.25, 0.3) is 0 Å². The number of amides is 1. The Morgan fingerprint density at radius 3 is 2.67 bits per heavy atom. The van der Waals surface area contributed by atoms with Crippen molar-refractivity contribution in [3.63, 3.8) is 0 Å². The molecule has 2 heterocycles. The van der Waals surface area contributed by atoms with Crippen molar-refractivity contribution < 1.29 is 9.18 Å². The van der Waals surface area contributed by atoms with E-state index in [0.29, 0.717) is 12.5 Å². The lowest BCUT2D eigenvalue weighted by Gasteiger charge is -2.37. The Kier molecular flexibility index (Phi) is 5.51. The lowest BCUT2D eigenvalue weighted by atomic mass is 9.91. The topological polar surface area (TPSA) is 49.6 Å². The molecule has 132 valence electrons. The fourth-order valence-corrected chi connectivity index (χ4v) is 3.97. The monoisotopic (exact) mass is 333 g/mol. The average molecular weight is 333 g/mol. The molecule has 3 atom stereocenters. The van der Waals surface area contributed by atoms with E-state index in [1.165, 1.54) is 12.1 Å². The van der Waals surface area contributed by atoms with Crippen LogP contribution in [-0.4, -0.2) is 47.4 Å². The first-order valence-electron chi connectivity index (χ1n) is 9.07. The van der Waals surface area contributed by atoms with Crippen LogP contribution in [0, 0.1) is 11.7 Å². The molecule has 0 aliphatic carbocycles. The minimum absolute atomic E-state index is 0.0399. The summed E-state index contributed by atoms with van der Waals surface area (Å²) in [6.07, 6.45) is 4.12. The molecule has 24 heavy (non-hydrogen) atoms. The summed E-state index contributed by atoms with van der Waals surface area (Å²) >= 11 is 0. The second kappa shape index (κ2) is 7.62. The number of carbonyl (C=O) groups excluding carboxylic acids is 1. The van der Waals surface area contributed by atoms with Gasteiger partial charge < -0.3 is 10.6 Å². The van der Waals surface area contributed by atoms with Crippen LogP contribution in [0.4, 0.5) is 4.39 Å². The number of nitrogens with zero attached hydrogens (tertiary/aromatic N) is 2. The van der Waals surface area contributed by atoms with Crippen molar-refractivity contribution in [2.75, 3.05) is 19.6 Å². The number of carbonyl (C=O) groups is 1. The highest BCUT2D eigenvalue weighted by Gasteiger charge is 2.35. The van der Waals surface area contributed by atoms with Crippen molar-refractivity contribution in [1.82, 2.24) is 9.80 Å². The Morgan fingerprint density at radius 2 is 1.96 bits per heavy atom. The van der Waals surface area contributed by atoms with Crippen LogP contribution in [0.2, 0.25) is 0 Å². The molecule has 3 rings (SSSR count). The van der Waals surface area contributed by atoms with Gasteiger partial charge in [0.15, 0.2) is 0 Å². The van der Waals surface area contributed by atoms with E-state index >= 15 is 0 Å². The molecule has 0 spiro atoms. The van der Waals surface area contributed by atoms with Gasteiger partial charge in [0.1, 0.15) is 5.82 Å².